The summed E-state index contributed by atoms with van der Waals surface area (Å²) in [4.78, 5) is 11.9. The number of benzene rings is 2. The first-order valence-electron chi connectivity index (χ1n) is 6.57. The van der Waals surface area contributed by atoms with Crippen molar-refractivity contribution >= 4 is 23.1 Å². The van der Waals surface area contributed by atoms with E-state index in [1.165, 1.54) is 6.08 Å². The summed E-state index contributed by atoms with van der Waals surface area (Å²) in [5.41, 5.74) is 2.21. The highest BCUT2D eigenvalue weighted by Crippen LogP contribution is 2.17. The van der Waals surface area contributed by atoms with Crippen molar-refractivity contribution in [2.45, 2.75) is 13.0 Å². The molecule has 1 atom stereocenters. The minimum absolute atomic E-state index is 0.106. The van der Waals surface area contributed by atoms with Gasteiger partial charge in [-0.2, -0.15) is 0 Å². The minimum Gasteiger partial charge on any atom is -0.389 e. The summed E-state index contributed by atoms with van der Waals surface area (Å²) >= 11 is 5.78. The molecule has 0 saturated carbocycles. The molecule has 0 aliphatic heterocycles. The molecular weight excluding hydrogens is 286 g/mol. The van der Waals surface area contributed by atoms with Crippen LogP contribution in [0.25, 0.3) is 0 Å². The van der Waals surface area contributed by atoms with E-state index in [4.69, 9.17) is 11.6 Å². The van der Waals surface area contributed by atoms with E-state index in [0.717, 1.165) is 11.3 Å². The second kappa shape index (κ2) is 7.07. The molecule has 2 rings (SSSR count). The molecule has 0 heterocycles. The van der Waals surface area contributed by atoms with Gasteiger partial charge in [0.1, 0.15) is 0 Å². The lowest BCUT2D eigenvalue weighted by molar-refractivity contribution is 0.104. The second-order valence-electron chi connectivity index (χ2n) is 4.65. The van der Waals surface area contributed by atoms with Crippen molar-refractivity contribution in [3.05, 3.63) is 77.0 Å². The van der Waals surface area contributed by atoms with E-state index in [1.54, 1.807) is 37.4 Å². The number of ketones is 1. The van der Waals surface area contributed by atoms with E-state index in [1.807, 2.05) is 24.3 Å². The lowest BCUT2D eigenvalue weighted by Crippen LogP contribution is -1.97. The van der Waals surface area contributed by atoms with Crippen LogP contribution in [0.5, 0.6) is 0 Å². The third kappa shape index (κ3) is 4.45. The van der Waals surface area contributed by atoms with Crippen LogP contribution >= 0.6 is 11.6 Å². The summed E-state index contributed by atoms with van der Waals surface area (Å²) in [6, 6.07) is 14.1. The van der Waals surface area contributed by atoms with Gasteiger partial charge in [0.15, 0.2) is 5.78 Å². The van der Waals surface area contributed by atoms with E-state index in [2.05, 4.69) is 5.32 Å². The van der Waals surface area contributed by atoms with E-state index in [-0.39, 0.29) is 5.78 Å². The third-order valence-electron chi connectivity index (χ3n) is 2.98. The third-order valence-corrected chi connectivity index (χ3v) is 3.23. The number of carbonyl (C=O) groups excluding carboxylic acids is 1. The highest BCUT2D eigenvalue weighted by molar-refractivity contribution is 6.30. The van der Waals surface area contributed by atoms with Gasteiger partial charge in [0.05, 0.1) is 6.10 Å². The number of aliphatic hydroxyl groups is 1. The number of halogens is 1. The van der Waals surface area contributed by atoms with Gasteiger partial charge in [0, 0.05) is 28.5 Å². The zero-order valence-electron chi connectivity index (χ0n) is 11.6. The Morgan fingerprint density at radius 3 is 2.62 bits per heavy atom. The first kappa shape index (κ1) is 15.3. The van der Waals surface area contributed by atoms with Gasteiger partial charge >= 0.3 is 0 Å². The Bertz CT molecular complexity index is 648. The molecule has 0 aliphatic carbocycles. The van der Waals surface area contributed by atoms with E-state index >= 15 is 0 Å². The molecule has 21 heavy (non-hydrogen) atoms. The van der Waals surface area contributed by atoms with Crippen LogP contribution in [0.1, 0.15) is 28.9 Å². The normalized spacial score (nSPS) is 12.3. The van der Waals surface area contributed by atoms with Crippen LogP contribution in [0.15, 0.2) is 60.8 Å². The van der Waals surface area contributed by atoms with Crippen LogP contribution in [0.3, 0.4) is 0 Å². The maximum absolute atomic E-state index is 11.9. The molecule has 0 spiro atoms. The fraction of sp³-hybridized carbons (Fsp3) is 0.118. The van der Waals surface area contributed by atoms with Crippen molar-refractivity contribution in [2.24, 2.45) is 0 Å². The number of hydrogen-bond donors (Lipinski definition) is 2. The molecule has 2 aromatic carbocycles. The average molecular weight is 302 g/mol. The van der Waals surface area contributed by atoms with Crippen LogP contribution in [-0.2, 0) is 0 Å². The Hall–Kier alpha value is -2.10. The molecule has 0 aromatic heterocycles. The van der Waals surface area contributed by atoms with E-state index in [0.29, 0.717) is 10.6 Å². The molecule has 108 valence electrons. The summed E-state index contributed by atoms with van der Waals surface area (Å²) in [7, 11) is 0. The van der Waals surface area contributed by atoms with Gasteiger partial charge in [-0.05, 0) is 48.9 Å². The van der Waals surface area contributed by atoms with Crippen molar-refractivity contribution in [3.63, 3.8) is 0 Å². The summed E-state index contributed by atoms with van der Waals surface area (Å²) in [5.74, 6) is -0.106. The molecule has 0 fully saturated rings. The monoisotopic (exact) mass is 301 g/mol. The number of aliphatic hydroxyl groups excluding tert-OH is 1. The predicted octanol–water partition coefficient (Wildman–Crippen LogP) is 4.20. The number of anilines is 1. The van der Waals surface area contributed by atoms with Crippen LogP contribution < -0.4 is 5.32 Å². The number of nitrogens with one attached hydrogen (secondary N) is 1. The molecule has 0 aliphatic rings. The predicted molar refractivity (Wildman–Crippen MR) is 85.6 cm³/mol. The van der Waals surface area contributed by atoms with Gasteiger partial charge in [-0.1, -0.05) is 23.7 Å². The Labute approximate surface area is 128 Å². The molecule has 3 nitrogen and oxygen atoms in total. The maximum Gasteiger partial charge on any atom is 0.187 e. The Morgan fingerprint density at radius 1 is 1.24 bits per heavy atom. The second-order valence-corrected chi connectivity index (χ2v) is 5.09. The first-order chi connectivity index (χ1) is 10.1. The number of rotatable bonds is 5. The molecular formula is C17H16ClNO2. The lowest BCUT2D eigenvalue weighted by Gasteiger charge is -2.07. The van der Waals surface area contributed by atoms with Crippen LogP contribution in [-0.4, -0.2) is 10.9 Å². The van der Waals surface area contributed by atoms with Gasteiger partial charge < -0.3 is 10.4 Å². The van der Waals surface area contributed by atoms with Gasteiger partial charge in [-0.25, -0.2) is 0 Å². The topological polar surface area (TPSA) is 49.3 Å². The first-order valence-corrected chi connectivity index (χ1v) is 6.95. The highest BCUT2D eigenvalue weighted by Gasteiger charge is 2.02. The largest absolute Gasteiger partial charge is 0.389 e. The molecule has 2 N–H and O–H groups in total. The van der Waals surface area contributed by atoms with Crippen molar-refractivity contribution in [2.75, 3.05) is 5.32 Å². The van der Waals surface area contributed by atoms with Gasteiger partial charge in [0.2, 0.25) is 0 Å². The van der Waals surface area contributed by atoms with Crippen LogP contribution in [0.2, 0.25) is 5.02 Å². The molecule has 4 heteroatoms. The number of carbonyl (C=O) groups is 1. The minimum atomic E-state index is -0.522. The van der Waals surface area contributed by atoms with Crippen LogP contribution in [0, 0.1) is 0 Å². The molecule has 0 radical (unpaired) electrons. The maximum atomic E-state index is 11.9. The van der Waals surface area contributed by atoms with Crippen molar-refractivity contribution in [1.29, 1.82) is 0 Å². The lowest BCUT2D eigenvalue weighted by atomic mass is 10.1. The molecule has 0 unspecified atom stereocenters. The zero-order valence-corrected chi connectivity index (χ0v) is 12.3. The number of hydrogen-bond acceptors (Lipinski definition) is 3. The Morgan fingerprint density at radius 2 is 1.95 bits per heavy atom. The molecule has 0 amide bonds. The molecule has 0 saturated heterocycles. The summed E-state index contributed by atoms with van der Waals surface area (Å²) < 4.78 is 0. The standard InChI is InChI=1S/C17H16ClNO2/c1-12(20)14-3-2-4-16(11-14)19-10-9-17(21)13-5-7-15(18)8-6-13/h2-12,19-20H,1H3/b10-9+/t12-/m1/s1. The van der Waals surface area contributed by atoms with Gasteiger partial charge in [-0.15, -0.1) is 0 Å². The molecule has 2 aromatic rings. The van der Waals surface area contributed by atoms with Crippen LogP contribution in [0.4, 0.5) is 5.69 Å². The van der Waals surface area contributed by atoms with Crippen molar-refractivity contribution in [1.82, 2.24) is 0 Å². The summed E-state index contributed by atoms with van der Waals surface area (Å²) in [5, 5.41) is 13.1. The summed E-state index contributed by atoms with van der Waals surface area (Å²) in [6.07, 6.45) is 2.52. The van der Waals surface area contributed by atoms with Gasteiger partial charge in [-0.3, -0.25) is 4.79 Å². The van der Waals surface area contributed by atoms with Crippen molar-refractivity contribution in [3.8, 4) is 0 Å². The summed E-state index contributed by atoms with van der Waals surface area (Å²) in [6.45, 7) is 1.71. The number of allylic oxidation sites excluding steroid dienone is 1. The quantitative estimate of drug-likeness (QED) is 0.643. The van der Waals surface area contributed by atoms with E-state index in [9.17, 15) is 9.90 Å². The zero-order chi connectivity index (χ0) is 15.2. The van der Waals surface area contributed by atoms with E-state index < -0.39 is 6.10 Å². The average Bonchev–Trinajstić information content (AvgIpc) is 2.48. The molecule has 0 bridgehead atoms. The highest BCUT2D eigenvalue weighted by atomic mass is 35.5. The smallest absolute Gasteiger partial charge is 0.187 e. The van der Waals surface area contributed by atoms with Gasteiger partial charge in [0.25, 0.3) is 0 Å². The Kier molecular flexibility index (Phi) is 5.14. The fourth-order valence-corrected chi connectivity index (χ4v) is 1.94. The Balaban J connectivity index is 2.00. The fourth-order valence-electron chi connectivity index (χ4n) is 1.81. The van der Waals surface area contributed by atoms with Crippen molar-refractivity contribution < 1.29 is 9.90 Å². The SMILES string of the molecule is C[C@@H](O)c1cccc(N/C=C/C(=O)c2ccc(Cl)cc2)c1.